The summed E-state index contributed by atoms with van der Waals surface area (Å²) in [6, 6.07) is 15.8. The van der Waals surface area contributed by atoms with Gasteiger partial charge in [-0.3, -0.25) is 9.59 Å². The third-order valence-electron chi connectivity index (χ3n) is 5.93. The molecule has 0 radical (unpaired) electrons. The Morgan fingerprint density at radius 1 is 0.676 bits per heavy atom. The molecular weight excluding hydrogens is 458 g/mol. The maximum absolute atomic E-state index is 12.0. The van der Waals surface area contributed by atoms with Crippen molar-refractivity contribution in [3.63, 3.8) is 0 Å². The number of benzene rings is 2. The summed E-state index contributed by atoms with van der Waals surface area (Å²) in [5.41, 5.74) is 8.59. The summed E-state index contributed by atoms with van der Waals surface area (Å²) in [5.74, 6) is 0.0309. The Morgan fingerprint density at radius 2 is 1.00 bits per heavy atom. The molecule has 1 saturated carbocycles. The maximum Gasteiger partial charge on any atom is 0.251 e. The highest BCUT2D eigenvalue weighted by Gasteiger charge is 2.38. The van der Waals surface area contributed by atoms with Crippen molar-refractivity contribution in [2.45, 2.75) is 111 Å². The van der Waals surface area contributed by atoms with E-state index < -0.39 is 0 Å². The van der Waals surface area contributed by atoms with Gasteiger partial charge in [-0.25, -0.2) is 0 Å². The lowest BCUT2D eigenvalue weighted by Crippen LogP contribution is -2.40. The van der Waals surface area contributed by atoms with E-state index in [1.807, 2.05) is 69.3 Å². The minimum atomic E-state index is -0.195. The van der Waals surface area contributed by atoms with Crippen LogP contribution in [0.15, 0.2) is 48.5 Å². The molecule has 2 aromatic carbocycles. The first-order valence-corrected chi connectivity index (χ1v) is 12.8. The van der Waals surface area contributed by atoms with Gasteiger partial charge in [0.25, 0.3) is 11.8 Å². The lowest BCUT2D eigenvalue weighted by molar-refractivity contribution is 0.0915. The molecule has 0 unspecified atom stereocenters. The molecule has 5 heteroatoms. The summed E-state index contributed by atoms with van der Waals surface area (Å²) in [7, 11) is 1.50. The number of nitrogens with one attached hydrogen (secondary N) is 2. The van der Waals surface area contributed by atoms with Gasteiger partial charge in [0.2, 0.25) is 0 Å². The molecule has 1 aliphatic rings. The SMILES string of the molecule is C.CC(C)(C)NC(=O)c1ccc(C(C)(C)C)cc1.CC1(NC(=O)c2ccc(C(C)(C)C)cc2)CC1.CN. The Kier molecular flexibility index (Phi) is 12.3. The number of carbonyl (C=O) groups excluding carboxylic acids is 2. The fourth-order valence-corrected chi connectivity index (χ4v) is 3.31. The van der Waals surface area contributed by atoms with Crippen LogP contribution in [0.5, 0.6) is 0 Å². The molecular formula is C32H53N3O2. The second-order valence-corrected chi connectivity index (χ2v) is 12.9. The smallest absolute Gasteiger partial charge is 0.251 e. The number of hydrogen-bond donors (Lipinski definition) is 3. The molecule has 0 aliphatic heterocycles. The lowest BCUT2D eigenvalue weighted by atomic mass is 9.86. The summed E-state index contributed by atoms with van der Waals surface area (Å²) >= 11 is 0. The van der Waals surface area contributed by atoms with Crippen LogP contribution in [0, 0.1) is 0 Å². The molecule has 0 spiro atoms. The van der Waals surface area contributed by atoms with Crippen molar-refractivity contribution >= 4 is 11.8 Å². The molecule has 0 heterocycles. The molecule has 1 fully saturated rings. The van der Waals surface area contributed by atoms with Crippen LogP contribution in [-0.4, -0.2) is 29.9 Å². The molecule has 0 atom stereocenters. The summed E-state index contributed by atoms with van der Waals surface area (Å²) in [6.07, 6.45) is 2.19. The van der Waals surface area contributed by atoms with E-state index >= 15 is 0 Å². The van der Waals surface area contributed by atoms with Crippen LogP contribution < -0.4 is 16.4 Å². The normalized spacial score (nSPS) is 13.9. The highest BCUT2D eigenvalue weighted by Crippen LogP contribution is 2.34. The molecule has 1 aliphatic carbocycles. The average Bonchev–Trinajstić information content (AvgIpc) is 3.50. The minimum Gasteiger partial charge on any atom is -0.347 e. The third-order valence-corrected chi connectivity index (χ3v) is 5.93. The zero-order chi connectivity index (χ0) is 27.9. The molecule has 2 aromatic rings. The fraction of sp³-hybridized carbons (Fsp3) is 0.562. The largest absolute Gasteiger partial charge is 0.347 e. The third kappa shape index (κ3) is 12.0. The Hall–Kier alpha value is -2.66. The molecule has 0 aromatic heterocycles. The Balaban J connectivity index is 0.000000640. The van der Waals surface area contributed by atoms with Crippen LogP contribution in [0.4, 0.5) is 0 Å². The first kappa shape index (κ1) is 34.3. The predicted molar refractivity (Wildman–Crippen MR) is 159 cm³/mol. The van der Waals surface area contributed by atoms with E-state index in [0.717, 1.165) is 18.4 Å². The van der Waals surface area contributed by atoms with Gasteiger partial charge >= 0.3 is 0 Å². The first-order valence-electron chi connectivity index (χ1n) is 12.8. The van der Waals surface area contributed by atoms with Gasteiger partial charge in [-0.15, -0.1) is 0 Å². The number of rotatable bonds is 3. The Labute approximate surface area is 227 Å². The van der Waals surface area contributed by atoms with Crippen molar-refractivity contribution in [1.29, 1.82) is 0 Å². The van der Waals surface area contributed by atoms with Crippen molar-refractivity contribution in [1.82, 2.24) is 10.6 Å². The molecule has 0 bridgehead atoms. The topological polar surface area (TPSA) is 84.2 Å². The Morgan fingerprint density at radius 3 is 1.27 bits per heavy atom. The molecule has 3 rings (SSSR count). The highest BCUT2D eigenvalue weighted by atomic mass is 16.2. The summed E-state index contributed by atoms with van der Waals surface area (Å²) in [6.45, 7) is 21.0. The number of hydrogen-bond acceptors (Lipinski definition) is 3. The molecule has 5 nitrogen and oxygen atoms in total. The summed E-state index contributed by atoms with van der Waals surface area (Å²) in [5, 5.41) is 6.02. The van der Waals surface area contributed by atoms with Gasteiger partial charge < -0.3 is 16.4 Å². The molecule has 208 valence electrons. The lowest BCUT2D eigenvalue weighted by Gasteiger charge is -2.22. The van der Waals surface area contributed by atoms with Gasteiger partial charge in [-0.1, -0.05) is 73.2 Å². The van der Waals surface area contributed by atoms with Gasteiger partial charge in [0.1, 0.15) is 0 Å². The number of amides is 2. The van der Waals surface area contributed by atoms with Crippen LogP contribution in [0.3, 0.4) is 0 Å². The zero-order valence-electron chi connectivity index (χ0n) is 24.4. The Bertz CT molecular complexity index is 910. The van der Waals surface area contributed by atoms with Gasteiger partial charge in [0, 0.05) is 22.2 Å². The van der Waals surface area contributed by atoms with Crippen LogP contribution in [0.25, 0.3) is 0 Å². The van der Waals surface area contributed by atoms with Gasteiger partial charge in [-0.05, 0) is 93.8 Å². The minimum absolute atomic E-state index is 0. The van der Waals surface area contributed by atoms with Crippen molar-refractivity contribution in [3.8, 4) is 0 Å². The number of carbonyl (C=O) groups is 2. The van der Waals surface area contributed by atoms with Crippen molar-refractivity contribution in [2.75, 3.05) is 7.05 Å². The van der Waals surface area contributed by atoms with Crippen LogP contribution >= 0.6 is 0 Å². The van der Waals surface area contributed by atoms with E-state index in [0.29, 0.717) is 5.56 Å². The van der Waals surface area contributed by atoms with E-state index in [9.17, 15) is 9.59 Å². The van der Waals surface area contributed by atoms with E-state index in [1.165, 1.54) is 18.2 Å². The van der Waals surface area contributed by atoms with Crippen molar-refractivity contribution in [3.05, 3.63) is 70.8 Å². The molecule has 0 saturated heterocycles. The van der Waals surface area contributed by atoms with E-state index in [4.69, 9.17) is 0 Å². The van der Waals surface area contributed by atoms with Crippen molar-refractivity contribution in [2.24, 2.45) is 5.73 Å². The monoisotopic (exact) mass is 511 g/mol. The zero-order valence-corrected chi connectivity index (χ0v) is 24.4. The quantitative estimate of drug-likeness (QED) is 0.415. The predicted octanol–water partition coefficient (Wildman–Crippen LogP) is 6.99. The number of nitrogens with two attached hydrogens (primary N) is 1. The van der Waals surface area contributed by atoms with Gasteiger partial charge in [0.15, 0.2) is 0 Å². The molecule has 37 heavy (non-hydrogen) atoms. The fourth-order valence-electron chi connectivity index (χ4n) is 3.31. The highest BCUT2D eigenvalue weighted by molar-refractivity contribution is 5.95. The van der Waals surface area contributed by atoms with Gasteiger partial charge in [-0.2, -0.15) is 0 Å². The van der Waals surface area contributed by atoms with Gasteiger partial charge in [0.05, 0.1) is 0 Å². The van der Waals surface area contributed by atoms with Crippen molar-refractivity contribution < 1.29 is 9.59 Å². The maximum atomic E-state index is 12.0. The summed E-state index contributed by atoms with van der Waals surface area (Å²) in [4.78, 5) is 23.9. The standard InChI is InChI=1S/C15H21NO.C15H23NO.CH5N.CH4/c1-14(2,3)12-7-5-11(6-8-12)13(17)16-15(4)9-10-15;1-14(2,3)12-9-7-11(8-10-12)13(17)16-15(4,5)6;1-2;/h5-8H,9-10H2,1-4H3,(H,16,17);7-10H,1-6H3,(H,16,17);2H2,1H3;1H4. The van der Waals surface area contributed by atoms with Crippen LogP contribution in [0.2, 0.25) is 0 Å². The van der Waals surface area contributed by atoms with Crippen LogP contribution in [0.1, 0.15) is 121 Å². The molecule has 2 amide bonds. The second kappa shape index (κ2) is 13.2. The first-order chi connectivity index (χ1) is 16.4. The van der Waals surface area contributed by atoms with E-state index in [1.54, 1.807) is 0 Å². The van der Waals surface area contributed by atoms with Crippen LogP contribution in [-0.2, 0) is 10.8 Å². The average molecular weight is 512 g/mol. The second-order valence-electron chi connectivity index (χ2n) is 12.9. The van der Waals surface area contributed by atoms with E-state index in [-0.39, 0.29) is 41.1 Å². The van der Waals surface area contributed by atoms with E-state index in [2.05, 4.69) is 64.8 Å². The molecule has 4 N–H and O–H groups in total. The summed E-state index contributed by atoms with van der Waals surface area (Å²) < 4.78 is 0.